The van der Waals surface area contributed by atoms with E-state index in [-0.39, 0.29) is 5.91 Å². The van der Waals surface area contributed by atoms with Crippen LogP contribution in [-0.2, 0) is 9.53 Å². The maximum atomic E-state index is 11.4. The highest BCUT2D eigenvalue weighted by Crippen LogP contribution is 2.07. The van der Waals surface area contributed by atoms with Crippen molar-refractivity contribution in [2.24, 2.45) is 0 Å². The van der Waals surface area contributed by atoms with Crippen LogP contribution in [0, 0.1) is 0 Å². The third-order valence-electron chi connectivity index (χ3n) is 2.16. The number of nitrogen functional groups attached to an aromatic ring is 1. The van der Waals surface area contributed by atoms with Crippen LogP contribution in [0.5, 0.6) is 0 Å². The van der Waals surface area contributed by atoms with Gasteiger partial charge in [0.1, 0.15) is 0 Å². The molecule has 0 aliphatic heterocycles. The molecule has 17 heavy (non-hydrogen) atoms. The number of amides is 1. The molecule has 92 valence electrons. The van der Waals surface area contributed by atoms with Gasteiger partial charge in [-0.1, -0.05) is 12.1 Å². The lowest BCUT2D eigenvalue weighted by Crippen LogP contribution is -2.22. The molecule has 0 fully saturated rings. The van der Waals surface area contributed by atoms with Crippen LogP contribution in [0.3, 0.4) is 0 Å². The van der Waals surface area contributed by atoms with Gasteiger partial charge in [0.2, 0.25) is 5.91 Å². The first kappa shape index (κ1) is 13.3. The summed E-state index contributed by atoms with van der Waals surface area (Å²) in [6.07, 6.45) is 4.05. The Labute approximate surface area is 101 Å². The predicted molar refractivity (Wildman–Crippen MR) is 69.4 cm³/mol. The Morgan fingerprint density at radius 2 is 2.35 bits per heavy atom. The van der Waals surface area contributed by atoms with Crippen molar-refractivity contribution in [3.8, 4) is 0 Å². The van der Waals surface area contributed by atoms with Crippen molar-refractivity contribution < 1.29 is 9.53 Å². The van der Waals surface area contributed by atoms with Gasteiger partial charge in [0.25, 0.3) is 0 Å². The number of nitrogens with one attached hydrogen (secondary N) is 1. The SMILES string of the molecule is COCCCNC(=O)/C=C/c1cccc(N)c1. The number of benzene rings is 1. The van der Waals surface area contributed by atoms with Gasteiger partial charge in [0.05, 0.1) is 0 Å². The second-order valence-corrected chi connectivity index (χ2v) is 3.64. The van der Waals surface area contributed by atoms with E-state index < -0.39 is 0 Å². The number of methoxy groups -OCH3 is 1. The molecule has 0 aromatic heterocycles. The standard InChI is InChI=1S/C13H18N2O2/c1-17-9-3-8-15-13(16)7-6-11-4-2-5-12(14)10-11/h2,4-7,10H,3,8-9,14H2,1H3,(H,15,16)/b7-6+. The summed E-state index contributed by atoms with van der Waals surface area (Å²) in [6.45, 7) is 1.27. The average molecular weight is 234 g/mol. The summed E-state index contributed by atoms with van der Waals surface area (Å²) in [4.78, 5) is 11.4. The fourth-order valence-corrected chi connectivity index (χ4v) is 1.32. The topological polar surface area (TPSA) is 64.3 Å². The van der Waals surface area contributed by atoms with Crippen LogP contribution in [0.1, 0.15) is 12.0 Å². The van der Waals surface area contributed by atoms with Gasteiger partial charge >= 0.3 is 0 Å². The predicted octanol–water partition coefficient (Wildman–Crippen LogP) is 1.43. The molecule has 1 amide bonds. The molecule has 1 rings (SSSR count). The molecule has 0 radical (unpaired) electrons. The van der Waals surface area contributed by atoms with Crippen molar-refractivity contribution in [3.05, 3.63) is 35.9 Å². The second kappa shape index (κ2) is 7.46. The van der Waals surface area contributed by atoms with Gasteiger partial charge in [-0.15, -0.1) is 0 Å². The van der Waals surface area contributed by atoms with Gasteiger partial charge in [-0.05, 0) is 30.2 Å². The van der Waals surface area contributed by atoms with Crippen molar-refractivity contribution in [1.82, 2.24) is 5.32 Å². The molecule has 1 aromatic carbocycles. The van der Waals surface area contributed by atoms with E-state index in [4.69, 9.17) is 10.5 Å². The van der Waals surface area contributed by atoms with Gasteiger partial charge in [-0.2, -0.15) is 0 Å². The zero-order valence-corrected chi connectivity index (χ0v) is 9.98. The van der Waals surface area contributed by atoms with Crippen LogP contribution in [-0.4, -0.2) is 26.2 Å². The number of rotatable bonds is 6. The molecular weight excluding hydrogens is 216 g/mol. The quantitative estimate of drug-likeness (QED) is 0.444. The van der Waals surface area contributed by atoms with E-state index in [1.807, 2.05) is 24.3 Å². The van der Waals surface area contributed by atoms with Crippen molar-refractivity contribution in [3.63, 3.8) is 0 Å². The Morgan fingerprint density at radius 3 is 3.06 bits per heavy atom. The maximum absolute atomic E-state index is 11.4. The summed E-state index contributed by atoms with van der Waals surface area (Å²) in [5, 5.41) is 2.77. The van der Waals surface area contributed by atoms with E-state index in [1.165, 1.54) is 6.08 Å². The van der Waals surface area contributed by atoms with E-state index >= 15 is 0 Å². The summed E-state index contributed by atoms with van der Waals surface area (Å²) in [5.74, 6) is -0.108. The van der Waals surface area contributed by atoms with E-state index in [2.05, 4.69) is 5.32 Å². The van der Waals surface area contributed by atoms with Crippen molar-refractivity contribution in [1.29, 1.82) is 0 Å². The third kappa shape index (κ3) is 5.73. The van der Waals surface area contributed by atoms with Crippen LogP contribution in [0.15, 0.2) is 30.3 Å². The molecule has 0 saturated heterocycles. The van der Waals surface area contributed by atoms with Gasteiger partial charge < -0.3 is 15.8 Å². The highest BCUT2D eigenvalue weighted by Gasteiger charge is 1.94. The molecule has 0 unspecified atom stereocenters. The number of nitrogens with two attached hydrogens (primary N) is 1. The summed E-state index contributed by atoms with van der Waals surface area (Å²) >= 11 is 0. The molecule has 4 nitrogen and oxygen atoms in total. The van der Waals surface area contributed by atoms with E-state index in [0.717, 1.165) is 12.0 Å². The summed E-state index contributed by atoms with van der Waals surface area (Å²) < 4.78 is 4.88. The van der Waals surface area contributed by atoms with Gasteiger partial charge in [0.15, 0.2) is 0 Å². The zero-order chi connectivity index (χ0) is 12.5. The van der Waals surface area contributed by atoms with Gasteiger partial charge in [0, 0.05) is 32.0 Å². The average Bonchev–Trinajstić information content (AvgIpc) is 2.32. The molecule has 0 saturated carbocycles. The largest absolute Gasteiger partial charge is 0.399 e. The number of hydrogen-bond donors (Lipinski definition) is 2. The smallest absolute Gasteiger partial charge is 0.244 e. The molecule has 4 heteroatoms. The Bertz CT molecular complexity index is 389. The first-order valence-electron chi connectivity index (χ1n) is 5.53. The number of ether oxygens (including phenoxy) is 1. The summed E-state index contributed by atoms with van der Waals surface area (Å²) in [6, 6.07) is 7.37. The lowest BCUT2D eigenvalue weighted by atomic mass is 10.2. The van der Waals surface area contributed by atoms with Gasteiger partial charge in [-0.25, -0.2) is 0 Å². The minimum Gasteiger partial charge on any atom is -0.399 e. The number of anilines is 1. The van der Waals surface area contributed by atoms with Crippen LogP contribution in [0.25, 0.3) is 6.08 Å². The minimum absolute atomic E-state index is 0.108. The van der Waals surface area contributed by atoms with Gasteiger partial charge in [-0.3, -0.25) is 4.79 Å². The highest BCUT2D eigenvalue weighted by molar-refractivity contribution is 5.91. The first-order chi connectivity index (χ1) is 8.22. The second-order valence-electron chi connectivity index (χ2n) is 3.64. The van der Waals surface area contributed by atoms with Crippen LogP contribution in [0.4, 0.5) is 5.69 Å². The molecule has 3 N–H and O–H groups in total. The molecule has 0 heterocycles. The molecule has 0 bridgehead atoms. The van der Waals surface area contributed by atoms with Crippen molar-refractivity contribution in [2.75, 3.05) is 26.0 Å². The lowest BCUT2D eigenvalue weighted by Gasteiger charge is -2.01. The molecule has 0 aliphatic rings. The summed E-state index contributed by atoms with van der Waals surface area (Å²) in [5.41, 5.74) is 7.23. The zero-order valence-electron chi connectivity index (χ0n) is 9.98. The van der Waals surface area contributed by atoms with E-state index in [0.29, 0.717) is 18.8 Å². The monoisotopic (exact) mass is 234 g/mol. The molecule has 0 atom stereocenters. The van der Waals surface area contributed by atoms with Crippen molar-refractivity contribution in [2.45, 2.75) is 6.42 Å². The molecule has 1 aromatic rings. The Balaban J connectivity index is 2.35. The highest BCUT2D eigenvalue weighted by atomic mass is 16.5. The summed E-state index contributed by atoms with van der Waals surface area (Å²) in [7, 11) is 1.64. The normalized spacial score (nSPS) is 10.6. The van der Waals surface area contributed by atoms with E-state index in [9.17, 15) is 4.79 Å². The third-order valence-corrected chi connectivity index (χ3v) is 2.16. The Kier molecular flexibility index (Phi) is 5.82. The van der Waals surface area contributed by atoms with Crippen molar-refractivity contribution >= 4 is 17.7 Å². The lowest BCUT2D eigenvalue weighted by molar-refractivity contribution is -0.116. The fraction of sp³-hybridized carbons (Fsp3) is 0.308. The number of carbonyl (C=O) groups excluding carboxylic acids is 1. The van der Waals surface area contributed by atoms with E-state index in [1.54, 1.807) is 13.2 Å². The molecule has 0 spiro atoms. The van der Waals surface area contributed by atoms with Crippen LogP contribution in [0.2, 0.25) is 0 Å². The number of carbonyl (C=O) groups is 1. The first-order valence-corrected chi connectivity index (χ1v) is 5.53. The van der Waals surface area contributed by atoms with Crippen LogP contribution < -0.4 is 11.1 Å². The fourth-order valence-electron chi connectivity index (χ4n) is 1.32. The Morgan fingerprint density at radius 1 is 1.53 bits per heavy atom. The minimum atomic E-state index is -0.108. The molecular formula is C13H18N2O2. The van der Waals surface area contributed by atoms with Crippen LogP contribution >= 0.6 is 0 Å². The Hall–Kier alpha value is -1.81. The maximum Gasteiger partial charge on any atom is 0.244 e. The molecule has 0 aliphatic carbocycles. The number of hydrogen-bond acceptors (Lipinski definition) is 3.